The minimum absolute atomic E-state index is 0.152. The molecule has 0 unspecified atom stereocenters. The van der Waals surface area contributed by atoms with Gasteiger partial charge < -0.3 is 9.47 Å². The Morgan fingerprint density at radius 3 is 2.10 bits per heavy atom. The van der Waals surface area contributed by atoms with Crippen LogP contribution in [0.3, 0.4) is 0 Å². The molecule has 0 saturated heterocycles. The molecule has 0 atom stereocenters. The van der Waals surface area contributed by atoms with Crippen molar-refractivity contribution >= 4 is 5.90 Å². The van der Waals surface area contributed by atoms with E-state index in [4.69, 9.17) is 14.9 Å². The van der Waals surface area contributed by atoms with Gasteiger partial charge >= 0.3 is 0 Å². The van der Waals surface area contributed by atoms with Gasteiger partial charge in [0.05, 0.1) is 7.11 Å². The fourth-order valence-electron chi connectivity index (χ4n) is 1.96. The van der Waals surface area contributed by atoms with Crippen LogP contribution in [0, 0.1) is 26.2 Å². The van der Waals surface area contributed by atoms with Gasteiger partial charge in [0.25, 0.3) is 0 Å². The number of hydrogen-bond acceptors (Lipinski definition) is 3. The Balaban J connectivity index is 2.22. The van der Waals surface area contributed by atoms with Crippen LogP contribution in [0.15, 0.2) is 36.4 Å². The van der Waals surface area contributed by atoms with Crippen molar-refractivity contribution in [3.05, 3.63) is 58.7 Å². The summed E-state index contributed by atoms with van der Waals surface area (Å²) >= 11 is 0. The summed E-state index contributed by atoms with van der Waals surface area (Å²) in [6, 6.07) is 11.5. The van der Waals surface area contributed by atoms with Gasteiger partial charge in [0, 0.05) is 5.56 Å². The Kier molecular flexibility index (Phi) is 4.08. The fourth-order valence-corrected chi connectivity index (χ4v) is 1.96. The molecule has 0 saturated carbocycles. The number of rotatable bonds is 3. The van der Waals surface area contributed by atoms with Gasteiger partial charge in [-0.2, -0.15) is 0 Å². The third-order valence-corrected chi connectivity index (χ3v) is 3.34. The molecular formula is C17H19NO2. The van der Waals surface area contributed by atoms with Gasteiger partial charge in [-0.15, -0.1) is 0 Å². The zero-order valence-electron chi connectivity index (χ0n) is 12.3. The van der Waals surface area contributed by atoms with E-state index in [1.54, 1.807) is 0 Å². The van der Waals surface area contributed by atoms with E-state index < -0.39 is 0 Å². The summed E-state index contributed by atoms with van der Waals surface area (Å²) in [6.07, 6.45) is 0. The molecule has 0 spiro atoms. The molecule has 0 aromatic heterocycles. The molecule has 0 bridgehead atoms. The minimum atomic E-state index is 0.152. The molecule has 0 amide bonds. The summed E-state index contributed by atoms with van der Waals surface area (Å²) < 4.78 is 10.8. The zero-order chi connectivity index (χ0) is 14.7. The predicted molar refractivity (Wildman–Crippen MR) is 81.0 cm³/mol. The first-order valence-corrected chi connectivity index (χ1v) is 6.50. The van der Waals surface area contributed by atoms with Crippen LogP contribution < -0.4 is 4.74 Å². The number of methoxy groups -OCH3 is 1. The van der Waals surface area contributed by atoms with Gasteiger partial charge in [0.1, 0.15) is 11.5 Å². The molecule has 2 aromatic carbocycles. The van der Waals surface area contributed by atoms with Crippen molar-refractivity contribution in [2.45, 2.75) is 20.8 Å². The summed E-state index contributed by atoms with van der Waals surface area (Å²) in [4.78, 5) is 0. The lowest BCUT2D eigenvalue weighted by molar-refractivity contribution is 0.401. The molecule has 3 nitrogen and oxygen atoms in total. The second kappa shape index (κ2) is 5.78. The first-order chi connectivity index (χ1) is 9.51. The average molecular weight is 269 g/mol. The predicted octanol–water partition coefficient (Wildman–Crippen LogP) is 4.38. The Labute approximate surface area is 119 Å². The van der Waals surface area contributed by atoms with Crippen LogP contribution in [-0.4, -0.2) is 13.0 Å². The van der Waals surface area contributed by atoms with E-state index in [0.29, 0.717) is 0 Å². The Morgan fingerprint density at radius 1 is 0.900 bits per heavy atom. The van der Waals surface area contributed by atoms with Crippen LogP contribution in [0.25, 0.3) is 0 Å². The van der Waals surface area contributed by atoms with E-state index in [-0.39, 0.29) is 5.90 Å². The van der Waals surface area contributed by atoms with Gasteiger partial charge in [-0.3, -0.25) is 5.41 Å². The Hall–Kier alpha value is -2.29. The van der Waals surface area contributed by atoms with Gasteiger partial charge in [-0.25, -0.2) is 0 Å². The third kappa shape index (κ3) is 2.99. The molecule has 0 fully saturated rings. The molecule has 0 heterocycles. The van der Waals surface area contributed by atoms with Crippen LogP contribution in [-0.2, 0) is 4.74 Å². The van der Waals surface area contributed by atoms with Gasteiger partial charge in [0.15, 0.2) is 0 Å². The van der Waals surface area contributed by atoms with E-state index in [2.05, 4.69) is 26.0 Å². The van der Waals surface area contributed by atoms with Gasteiger partial charge in [0.2, 0.25) is 5.90 Å². The minimum Gasteiger partial charge on any atom is -0.481 e. The van der Waals surface area contributed by atoms with Crippen molar-refractivity contribution in [1.29, 1.82) is 5.41 Å². The summed E-state index contributed by atoms with van der Waals surface area (Å²) in [5.74, 6) is 1.77. The number of aryl methyl sites for hydroxylation is 3. The normalized spacial score (nSPS) is 10.2. The van der Waals surface area contributed by atoms with Crippen molar-refractivity contribution in [2.75, 3.05) is 7.11 Å². The van der Waals surface area contributed by atoms with Crippen molar-refractivity contribution in [1.82, 2.24) is 0 Å². The fraction of sp³-hybridized carbons (Fsp3) is 0.235. The van der Waals surface area contributed by atoms with E-state index >= 15 is 0 Å². The number of nitrogens with one attached hydrogen (secondary N) is 1. The number of hydrogen-bond donors (Lipinski definition) is 1. The smallest absolute Gasteiger partial charge is 0.212 e. The second-order valence-corrected chi connectivity index (χ2v) is 4.86. The van der Waals surface area contributed by atoms with E-state index in [1.807, 2.05) is 31.2 Å². The highest BCUT2D eigenvalue weighted by Crippen LogP contribution is 2.27. The lowest BCUT2D eigenvalue weighted by atomic mass is 10.1. The molecule has 1 N–H and O–H groups in total. The molecule has 0 aliphatic carbocycles. The quantitative estimate of drug-likeness (QED) is 0.664. The van der Waals surface area contributed by atoms with Crippen LogP contribution in [0.2, 0.25) is 0 Å². The summed E-state index contributed by atoms with van der Waals surface area (Å²) in [5, 5.41) is 7.59. The average Bonchev–Trinajstić information content (AvgIpc) is 2.44. The van der Waals surface area contributed by atoms with Crippen molar-refractivity contribution in [3.63, 3.8) is 0 Å². The van der Waals surface area contributed by atoms with Crippen LogP contribution in [0.1, 0.15) is 22.3 Å². The highest BCUT2D eigenvalue weighted by atomic mass is 16.5. The number of ether oxygens (including phenoxy) is 2. The highest BCUT2D eigenvalue weighted by molar-refractivity contribution is 5.91. The zero-order valence-corrected chi connectivity index (χ0v) is 12.3. The molecule has 20 heavy (non-hydrogen) atoms. The Morgan fingerprint density at radius 2 is 1.50 bits per heavy atom. The molecule has 0 radical (unpaired) electrons. The maximum absolute atomic E-state index is 7.59. The van der Waals surface area contributed by atoms with E-state index in [9.17, 15) is 0 Å². The molecule has 0 aliphatic rings. The van der Waals surface area contributed by atoms with Crippen LogP contribution in [0.5, 0.6) is 11.5 Å². The molecule has 3 heteroatoms. The van der Waals surface area contributed by atoms with Crippen molar-refractivity contribution < 1.29 is 9.47 Å². The van der Waals surface area contributed by atoms with Gasteiger partial charge in [-0.05, 0) is 67.8 Å². The summed E-state index contributed by atoms with van der Waals surface area (Å²) in [5.41, 5.74) is 4.32. The second-order valence-electron chi connectivity index (χ2n) is 4.86. The van der Waals surface area contributed by atoms with Gasteiger partial charge in [-0.1, -0.05) is 6.07 Å². The third-order valence-electron chi connectivity index (χ3n) is 3.34. The maximum atomic E-state index is 7.59. The Bertz CT molecular complexity index is 630. The lowest BCUT2D eigenvalue weighted by Gasteiger charge is -2.12. The van der Waals surface area contributed by atoms with Crippen LogP contribution >= 0.6 is 0 Å². The van der Waals surface area contributed by atoms with E-state index in [1.165, 1.54) is 18.2 Å². The molecule has 104 valence electrons. The number of benzene rings is 2. The summed E-state index contributed by atoms with van der Waals surface area (Å²) in [6.45, 7) is 6.21. The molecule has 2 aromatic rings. The highest BCUT2D eigenvalue weighted by Gasteiger charge is 2.06. The standard InChI is InChI=1S/C17H19NO2/c1-11-9-13(3)16(10-12(11)2)20-15-7-5-14(6-8-15)17(18)19-4/h5-10,18H,1-4H3. The van der Waals surface area contributed by atoms with Crippen molar-refractivity contribution in [3.8, 4) is 11.5 Å². The first-order valence-electron chi connectivity index (χ1n) is 6.50. The summed E-state index contributed by atoms with van der Waals surface area (Å²) in [7, 11) is 1.49. The SMILES string of the molecule is COC(=N)c1ccc(Oc2cc(C)c(C)cc2C)cc1. The molecule has 0 aliphatic heterocycles. The van der Waals surface area contributed by atoms with Crippen molar-refractivity contribution in [2.24, 2.45) is 0 Å². The molecule has 2 rings (SSSR count). The monoisotopic (exact) mass is 269 g/mol. The maximum Gasteiger partial charge on any atom is 0.212 e. The first kappa shape index (κ1) is 14.1. The largest absolute Gasteiger partial charge is 0.481 e. The van der Waals surface area contributed by atoms with E-state index in [0.717, 1.165) is 22.6 Å². The van der Waals surface area contributed by atoms with Crippen LogP contribution in [0.4, 0.5) is 0 Å². The topological polar surface area (TPSA) is 42.3 Å². The molecular weight excluding hydrogens is 250 g/mol. The lowest BCUT2D eigenvalue weighted by Crippen LogP contribution is -2.00.